The zero-order chi connectivity index (χ0) is 20.4. The number of hydrogen-bond donors (Lipinski definition) is 1. The highest BCUT2D eigenvalue weighted by Gasteiger charge is 2.22. The van der Waals surface area contributed by atoms with Crippen LogP contribution in [-0.4, -0.2) is 29.7 Å². The minimum Gasteiger partial charge on any atom is -0.267 e. The molecule has 0 fully saturated rings. The lowest BCUT2D eigenvalue weighted by Gasteiger charge is -2.15. The average molecular weight is 431 g/mol. The predicted molar refractivity (Wildman–Crippen MR) is 113 cm³/mol. The van der Waals surface area contributed by atoms with Gasteiger partial charge in [-0.05, 0) is 62.4 Å². The van der Waals surface area contributed by atoms with Crippen molar-refractivity contribution in [1.82, 2.24) is 19.5 Å². The molecule has 8 heteroatoms. The summed E-state index contributed by atoms with van der Waals surface area (Å²) in [5, 5.41) is 5.22. The fourth-order valence-corrected chi connectivity index (χ4v) is 5.35. The maximum atomic E-state index is 12.7. The second-order valence-corrected chi connectivity index (χ2v) is 9.42. The summed E-state index contributed by atoms with van der Waals surface area (Å²) in [5.74, 6) is 0. The van der Waals surface area contributed by atoms with E-state index in [4.69, 9.17) is 16.7 Å². The van der Waals surface area contributed by atoms with Crippen LogP contribution in [0.25, 0.3) is 11.3 Å². The van der Waals surface area contributed by atoms with Gasteiger partial charge in [-0.25, -0.2) is 13.1 Å². The Hall–Kier alpha value is -2.22. The summed E-state index contributed by atoms with van der Waals surface area (Å²) in [6, 6.07) is 8.81. The summed E-state index contributed by atoms with van der Waals surface area (Å²) in [5.41, 5.74) is 5.18. The zero-order valence-corrected chi connectivity index (χ0v) is 17.8. The number of hydrogen-bond acceptors (Lipinski definition) is 4. The SMILES string of the molecule is Cc1ccc(Cl)cc1S(=O)(=O)NCCn1nc(-c2ccncc2)c2c1CCCC2. The molecule has 0 saturated heterocycles. The van der Waals surface area contributed by atoms with Gasteiger partial charge < -0.3 is 0 Å². The molecule has 0 atom stereocenters. The van der Waals surface area contributed by atoms with E-state index in [-0.39, 0.29) is 11.4 Å². The highest BCUT2D eigenvalue weighted by molar-refractivity contribution is 7.89. The predicted octanol–water partition coefficient (Wildman–Crippen LogP) is 3.76. The summed E-state index contributed by atoms with van der Waals surface area (Å²) in [6.07, 6.45) is 7.78. The maximum absolute atomic E-state index is 12.7. The molecule has 0 unspecified atom stereocenters. The van der Waals surface area contributed by atoms with E-state index in [0.29, 0.717) is 17.1 Å². The van der Waals surface area contributed by atoms with Crippen LogP contribution in [0, 0.1) is 6.92 Å². The molecule has 0 aliphatic heterocycles. The maximum Gasteiger partial charge on any atom is 0.240 e. The van der Waals surface area contributed by atoms with Crippen LogP contribution in [0.15, 0.2) is 47.6 Å². The molecule has 0 spiro atoms. The van der Waals surface area contributed by atoms with Crippen molar-refractivity contribution >= 4 is 21.6 Å². The number of nitrogens with one attached hydrogen (secondary N) is 1. The normalized spacial score (nSPS) is 14.0. The first-order valence-electron chi connectivity index (χ1n) is 9.70. The molecular weight excluding hydrogens is 408 g/mol. The molecule has 1 N–H and O–H groups in total. The van der Waals surface area contributed by atoms with Gasteiger partial charge in [0.1, 0.15) is 0 Å². The third kappa shape index (κ3) is 4.22. The molecule has 2 aromatic heterocycles. The van der Waals surface area contributed by atoms with Crippen molar-refractivity contribution in [1.29, 1.82) is 0 Å². The molecule has 4 rings (SSSR count). The second kappa shape index (κ2) is 8.26. The topological polar surface area (TPSA) is 76.9 Å². The van der Waals surface area contributed by atoms with Gasteiger partial charge in [0.2, 0.25) is 10.0 Å². The minimum atomic E-state index is -3.63. The highest BCUT2D eigenvalue weighted by atomic mass is 35.5. The Labute approximate surface area is 176 Å². The van der Waals surface area contributed by atoms with Crippen molar-refractivity contribution in [2.45, 2.75) is 44.0 Å². The molecule has 1 aliphatic rings. The number of fused-ring (bicyclic) bond motifs is 1. The van der Waals surface area contributed by atoms with Crippen LogP contribution in [0.5, 0.6) is 0 Å². The Balaban J connectivity index is 1.55. The number of aromatic nitrogens is 3. The zero-order valence-electron chi connectivity index (χ0n) is 16.2. The largest absolute Gasteiger partial charge is 0.267 e. The summed E-state index contributed by atoms with van der Waals surface area (Å²) < 4.78 is 30.1. The van der Waals surface area contributed by atoms with Crippen LogP contribution in [0.1, 0.15) is 29.7 Å². The smallest absolute Gasteiger partial charge is 0.240 e. The van der Waals surface area contributed by atoms with Crippen molar-refractivity contribution in [2.75, 3.05) is 6.54 Å². The Kier molecular flexibility index (Phi) is 5.72. The molecule has 29 heavy (non-hydrogen) atoms. The fraction of sp³-hybridized carbons (Fsp3) is 0.333. The van der Waals surface area contributed by atoms with Crippen LogP contribution >= 0.6 is 11.6 Å². The number of aryl methyl sites for hydroxylation is 1. The highest BCUT2D eigenvalue weighted by Crippen LogP contribution is 2.31. The molecule has 0 bridgehead atoms. The first-order valence-corrected chi connectivity index (χ1v) is 11.6. The first-order chi connectivity index (χ1) is 14.0. The summed E-state index contributed by atoms with van der Waals surface area (Å²) >= 11 is 5.98. The Bertz CT molecular complexity index is 1130. The van der Waals surface area contributed by atoms with Crippen LogP contribution in [0.3, 0.4) is 0 Å². The number of rotatable bonds is 6. The molecule has 152 valence electrons. The van der Waals surface area contributed by atoms with Crippen LogP contribution in [0.4, 0.5) is 0 Å². The van der Waals surface area contributed by atoms with Gasteiger partial charge in [0.15, 0.2) is 0 Å². The summed E-state index contributed by atoms with van der Waals surface area (Å²) in [7, 11) is -3.63. The van der Waals surface area contributed by atoms with Crippen molar-refractivity contribution in [2.24, 2.45) is 0 Å². The van der Waals surface area contributed by atoms with Crippen LogP contribution in [0.2, 0.25) is 5.02 Å². The third-order valence-corrected chi connectivity index (χ3v) is 7.10. The van der Waals surface area contributed by atoms with Crippen molar-refractivity contribution in [3.63, 3.8) is 0 Å². The monoisotopic (exact) mass is 430 g/mol. The van der Waals surface area contributed by atoms with Gasteiger partial charge in [0, 0.05) is 40.8 Å². The molecule has 0 saturated carbocycles. The van der Waals surface area contributed by atoms with E-state index < -0.39 is 10.0 Å². The number of sulfonamides is 1. The number of halogens is 1. The van der Waals surface area contributed by atoms with E-state index in [1.165, 1.54) is 17.3 Å². The Morgan fingerprint density at radius 2 is 1.90 bits per heavy atom. The molecule has 0 radical (unpaired) electrons. The van der Waals surface area contributed by atoms with Gasteiger partial charge in [-0.2, -0.15) is 5.10 Å². The van der Waals surface area contributed by atoms with Crippen LogP contribution in [-0.2, 0) is 29.4 Å². The third-order valence-electron chi connectivity index (χ3n) is 5.27. The van der Waals surface area contributed by atoms with Gasteiger partial charge in [-0.15, -0.1) is 0 Å². The van der Waals surface area contributed by atoms with E-state index in [9.17, 15) is 8.42 Å². The lowest BCUT2D eigenvalue weighted by Crippen LogP contribution is -2.29. The van der Waals surface area contributed by atoms with Gasteiger partial charge >= 0.3 is 0 Å². The molecule has 1 aromatic carbocycles. The molecule has 0 amide bonds. The van der Waals surface area contributed by atoms with Crippen LogP contribution < -0.4 is 4.72 Å². The first kappa shape index (κ1) is 20.1. The number of benzene rings is 1. The number of pyridine rings is 1. The van der Waals surface area contributed by atoms with E-state index in [1.54, 1.807) is 31.5 Å². The lowest BCUT2D eigenvalue weighted by molar-refractivity contribution is 0.538. The Morgan fingerprint density at radius 1 is 1.14 bits per heavy atom. The van der Waals surface area contributed by atoms with Gasteiger partial charge in [0.05, 0.1) is 17.1 Å². The Morgan fingerprint density at radius 3 is 2.69 bits per heavy atom. The molecule has 1 aliphatic carbocycles. The minimum absolute atomic E-state index is 0.213. The van der Waals surface area contributed by atoms with Crippen molar-refractivity contribution in [3.8, 4) is 11.3 Å². The lowest BCUT2D eigenvalue weighted by atomic mass is 9.94. The molecule has 3 aromatic rings. The molecule has 2 heterocycles. The van der Waals surface area contributed by atoms with E-state index >= 15 is 0 Å². The van der Waals surface area contributed by atoms with Gasteiger partial charge in [-0.3, -0.25) is 9.67 Å². The quantitative estimate of drug-likeness (QED) is 0.645. The molecule has 6 nitrogen and oxygen atoms in total. The van der Waals surface area contributed by atoms with E-state index in [2.05, 4.69) is 9.71 Å². The van der Waals surface area contributed by atoms with Gasteiger partial charge in [-0.1, -0.05) is 17.7 Å². The van der Waals surface area contributed by atoms with Crippen molar-refractivity contribution < 1.29 is 8.42 Å². The standard InChI is InChI=1S/C21H23ClN4O2S/c1-15-6-7-17(22)14-20(15)29(27,28)24-12-13-26-19-5-3-2-4-18(19)21(25-26)16-8-10-23-11-9-16/h6-11,14,24H,2-5,12-13H2,1H3. The van der Waals surface area contributed by atoms with E-state index in [0.717, 1.165) is 36.9 Å². The molecular formula is C21H23ClN4O2S. The summed E-state index contributed by atoms with van der Waals surface area (Å²) in [4.78, 5) is 4.30. The fourth-order valence-electron chi connectivity index (χ4n) is 3.82. The van der Waals surface area contributed by atoms with Gasteiger partial charge in [0.25, 0.3) is 0 Å². The van der Waals surface area contributed by atoms with Crippen molar-refractivity contribution in [3.05, 3.63) is 64.6 Å². The average Bonchev–Trinajstić information content (AvgIpc) is 3.09. The van der Waals surface area contributed by atoms with E-state index in [1.807, 2.05) is 16.8 Å². The second-order valence-electron chi connectivity index (χ2n) is 7.25. The number of nitrogens with zero attached hydrogens (tertiary/aromatic N) is 3. The summed E-state index contributed by atoms with van der Waals surface area (Å²) in [6.45, 7) is 2.50.